The molecule has 0 spiro atoms. The van der Waals surface area contributed by atoms with Crippen molar-refractivity contribution in [2.24, 2.45) is 0 Å². The van der Waals surface area contributed by atoms with E-state index >= 15 is 0 Å². The Morgan fingerprint density at radius 1 is 1.24 bits per heavy atom. The fourth-order valence-corrected chi connectivity index (χ4v) is 1.92. The number of ether oxygens (including phenoxy) is 1. The van der Waals surface area contributed by atoms with Crippen LogP contribution in [0, 0.1) is 0 Å². The molecule has 0 saturated carbocycles. The third kappa shape index (κ3) is 4.66. The summed E-state index contributed by atoms with van der Waals surface area (Å²) in [4.78, 5) is 25.5. The normalized spacial score (nSPS) is 10.0. The van der Waals surface area contributed by atoms with Crippen LogP contribution in [0.25, 0.3) is 0 Å². The van der Waals surface area contributed by atoms with Gasteiger partial charge in [-0.05, 0) is 39.0 Å². The Bertz CT molecular complexity index is 499. The Morgan fingerprint density at radius 3 is 2.43 bits per heavy atom. The van der Waals surface area contributed by atoms with E-state index in [1.54, 1.807) is 23.1 Å². The molecule has 0 heterocycles. The number of rotatable bonds is 7. The third-order valence-electron chi connectivity index (χ3n) is 3.09. The molecule has 1 aromatic carbocycles. The zero-order valence-electron chi connectivity index (χ0n) is 12.8. The third-order valence-corrected chi connectivity index (χ3v) is 3.09. The molecule has 0 unspecified atom stereocenters. The molecule has 2 amide bonds. The molecule has 0 saturated heterocycles. The number of nitrogens with zero attached hydrogens (tertiary/aromatic N) is 1. The topological polar surface area (TPSA) is 84.7 Å². The fraction of sp³-hybridized carbons (Fsp3) is 0.467. The molecule has 0 atom stereocenters. The average Bonchev–Trinajstić information content (AvgIpc) is 2.48. The quantitative estimate of drug-likeness (QED) is 0.741. The van der Waals surface area contributed by atoms with Gasteiger partial charge in [-0.3, -0.25) is 9.59 Å². The largest absolute Gasteiger partial charge is 0.492 e. The fourth-order valence-electron chi connectivity index (χ4n) is 1.92. The summed E-state index contributed by atoms with van der Waals surface area (Å²) in [5, 5.41) is 2.60. The summed E-state index contributed by atoms with van der Waals surface area (Å²) in [5.74, 6) is 0.116. The molecule has 0 radical (unpaired) electrons. The van der Waals surface area contributed by atoms with Gasteiger partial charge in [0.2, 0.25) is 5.91 Å². The van der Waals surface area contributed by atoms with E-state index in [2.05, 4.69) is 5.32 Å². The molecule has 0 fully saturated rings. The lowest BCUT2D eigenvalue weighted by molar-refractivity contribution is -0.129. The molecule has 0 bridgehead atoms. The molecule has 6 heteroatoms. The maximum Gasteiger partial charge on any atom is 0.251 e. The van der Waals surface area contributed by atoms with Crippen LogP contribution in [0.4, 0.5) is 5.69 Å². The van der Waals surface area contributed by atoms with Gasteiger partial charge in [0, 0.05) is 18.7 Å². The summed E-state index contributed by atoms with van der Waals surface area (Å²) in [6, 6.07) is 4.82. The van der Waals surface area contributed by atoms with Gasteiger partial charge >= 0.3 is 0 Å². The summed E-state index contributed by atoms with van der Waals surface area (Å²) >= 11 is 0. The highest BCUT2D eigenvalue weighted by molar-refractivity contribution is 5.97. The van der Waals surface area contributed by atoms with Crippen LogP contribution in [-0.4, -0.2) is 43.0 Å². The number of nitrogens with two attached hydrogens (primary N) is 1. The Balaban J connectivity index is 2.64. The van der Waals surface area contributed by atoms with E-state index in [1.165, 1.54) is 0 Å². The minimum absolute atomic E-state index is 0.0202. The number of hydrogen-bond acceptors (Lipinski definition) is 4. The second-order valence-electron chi connectivity index (χ2n) is 4.43. The number of nitrogen functional groups attached to an aromatic ring is 1. The first-order valence-corrected chi connectivity index (χ1v) is 7.11. The van der Waals surface area contributed by atoms with Gasteiger partial charge in [-0.15, -0.1) is 0 Å². The van der Waals surface area contributed by atoms with Gasteiger partial charge in [0.25, 0.3) is 5.91 Å². The number of benzene rings is 1. The number of carbonyl (C=O) groups is 2. The number of amides is 2. The van der Waals surface area contributed by atoms with E-state index in [9.17, 15) is 9.59 Å². The molecule has 0 aromatic heterocycles. The van der Waals surface area contributed by atoms with Crippen LogP contribution in [0.5, 0.6) is 5.75 Å². The van der Waals surface area contributed by atoms with E-state index in [4.69, 9.17) is 10.5 Å². The number of likely N-dealkylation sites (N-methyl/N-ethyl adjacent to an activating group) is 1. The zero-order valence-corrected chi connectivity index (χ0v) is 12.8. The van der Waals surface area contributed by atoms with Gasteiger partial charge in [0.1, 0.15) is 5.75 Å². The van der Waals surface area contributed by atoms with Crippen molar-refractivity contribution < 1.29 is 14.3 Å². The molecule has 3 N–H and O–H groups in total. The molecule has 6 nitrogen and oxygen atoms in total. The van der Waals surface area contributed by atoms with Gasteiger partial charge in [-0.1, -0.05) is 0 Å². The Labute approximate surface area is 125 Å². The minimum Gasteiger partial charge on any atom is -0.492 e. The van der Waals surface area contributed by atoms with E-state index in [0.29, 0.717) is 36.7 Å². The van der Waals surface area contributed by atoms with Crippen LogP contribution in [0.3, 0.4) is 0 Å². The first kappa shape index (κ1) is 16.8. The molecule has 116 valence electrons. The van der Waals surface area contributed by atoms with Gasteiger partial charge < -0.3 is 20.7 Å². The standard InChI is InChI=1S/C15H23N3O3/c1-4-18(5-2)14(19)10-17-15(20)11-7-8-13(21-6-3)12(16)9-11/h7-9H,4-6,10,16H2,1-3H3,(H,17,20). The van der Waals surface area contributed by atoms with Crippen LogP contribution in [0.1, 0.15) is 31.1 Å². The Morgan fingerprint density at radius 2 is 1.90 bits per heavy atom. The van der Waals surface area contributed by atoms with E-state index in [1.807, 2.05) is 20.8 Å². The van der Waals surface area contributed by atoms with Gasteiger partial charge in [0.05, 0.1) is 18.8 Å². The van der Waals surface area contributed by atoms with Crippen LogP contribution in [0.2, 0.25) is 0 Å². The maximum atomic E-state index is 12.0. The second-order valence-corrected chi connectivity index (χ2v) is 4.43. The predicted octanol–water partition coefficient (Wildman–Crippen LogP) is 1.27. The summed E-state index contributed by atoms with van der Waals surface area (Å²) in [6.45, 7) is 7.40. The molecule has 21 heavy (non-hydrogen) atoms. The maximum absolute atomic E-state index is 12.0. The highest BCUT2D eigenvalue weighted by Crippen LogP contribution is 2.22. The van der Waals surface area contributed by atoms with E-state index < -0.39 is 0 Å². The van der Waals surface area contributed by atoms with Crippen molar-refractivity contribution in [3.63, 3.8) is 0 Å². The van der Waals surface area contributed by atoms with Crippen molar-refractivity contribution in [1.82, 2.24) is 10.2 Å². The molecule has 0 aliphatic rings. The van der Waals surface area contributed by atoms with Crippen molar-refractivity contribution in [3.8, 4) is 5.75 Å². The van der Waals surface area contributed by atoms with E-state index in [0.717, 1.165) is 0 Å². The smallest absolute Gasteiger partial charge is 0.251 e. The highest BCUT2D eigenvalue weighted by Gasteiger charge is 2.13. The van der Waals surface area contributed by atoms with Crippen LogP contribution < -0.4 is 15.8 Å². The van der Waals surface area contributed by atoms with Crippen LogP contribution in [0.15, 0.2) is 18.2 Å². The van der Waals surface area contributed by atoms with Crippen molar-refractivity contribution in [1.29, 1.82) is 0 Å². The number of carbonyl (C=O) groups excluding carboxylic acids is 2. The molecule has 0 aliphatic carbocycles. The number of nitrogens with one attached hydrogen (secondary N) is 1. The summed E-state index contributed by atoms with van der Waals surface area (Å²) in [7, 11) is 0. The molecular formula is C15H23N3O3. The van der Waals surface area contributed by atoms with Crippen molar-refractivity contribution >= 4 is 17.5 Å². The van der Waals surface area contributed by atoms with Crippen LogP contribution in [-0.2, 0) is 4.79 Å². The first-order chi connectivity index (χ1) is 10.0. The number of anilines is 1. The van der Waals surface area contributed by atoms with Gasteiger partial charge in [0.15, 0.2) is 0 Å². The molecule has 0 aliphatic heterocycles. The lowest BCUT2D eigenvalue weighted by Gasteiger charge is -2.18. The summed E-state index contributed by atoms with van der Waals surface area (Å²) < 4.78 is 5.31. The average molecular weight is 293 g/mol. The predicted molar refractivity (Wildman–Crippen MR) is 82.3 cm³/mol. The van der Waals surface area contributed by atoms with Crippen molar-refractivity contribution in [3.05, 3.63) is 23.8 Å². The summed E-state index contributed by atoms with van der Waals surface area (Å²) in [5.41, 5.74) is 6.62. The minimum atomic E-state index is -0.328. The Kier molecular flexibility index (Phi) is 6.52. The van der Waals surface area contributed by atoms with Crippen LogP contribution >= 0.6 is 0 Å². The molecule has 1 aromatic rings. The summed E-state index contributed by atoms with van der Waals surface area (Å²) in [6.07, 6.45) is 0. The van der Waals surface area contributed by atoms with Gasteiger partial charge in [-0.25, -0.2) is 0 Å². The highest BCUT2D eigenvalue weighted by atomic mass is 16.5. The van der Waals surface area contributed by atoms with E-state index in [-0.39, 0.29) is 18.4 Å². The Hall–Kier alpha value is -2.24. The van der Waals surface area contributed by atoms with Crippen molar-refractivity contribution in [2.75, 3.05) is 32.0 Å². The molecule has 1 rings (SSSR count). The monoisotopic (exact) mass is 293 g/mol. The van der Waals surface area contributed by atoms with Gasteiger partial charge in [-0.2, -0.15) is 0 Å². The molecular weight excluding hydrogens is 270 g/mol. The van der Waals surface area contributed by atoms with Crippen molar-refractivity contribution in [2.45, 2.75) is 20.8 Å². The lowest BCUT2D eigenvalue weighted by Crippen LogP contribution is -2.40. The SMILES string of the molecule is CCOc1ccc(C(=O)NCC(=O)N(CC)CC)cc1N. The zero-order chi connectivity index (χ0) is 15.8. The second kappa shape index (κ2) is 8.14. The first-order valence-electron chi connectivity index (χ1n) is 7.11. The lowest BCUT2D eigenvalue weighted by atomic mass is 10.1. The number of hydrogen-bond donors (Lipinski definition) is 2.